The smallest absolute Gasteiger partial charge is 0.327 e. The number of carboxylic acid groups (broad SMARTS) is 1. The van der Waals surface area contributed by atoms with Crippen molar-refractivity contribution in [3.8, 4) is 0 Å². The Morgan fingerprint density at radius 1 is 1.44 bits per heavy atom. The fraction of sp³-hybridized carbons (Fsp3) is 0.846. The number of nitrogens with one attached hydrogen (secondary N) is 1. The van der Waals surface area contributed by atoms with E-state index in [-0.39, 0.29) is 5.91 Å². The molecule has 1 rings (SSSR count). The summed E-state index contributed by atoms with van der Waals surface area (Å²) >= 11 is 1.70. The summed E-state index contributed by atoms with van der Waals surface area (Å²) in [7, 11) is 0. The summed E-state index contributed by atoms with van der Waals surface area (Å²) in [5, 5.41) is 12.1. The highest BCUT2D eigenvalue weighted by molar-refractivity contribution is 7.99. The molecule has 104 valence electrons. The molecule has 0 aromatic heterocycles. The maximum absolute atomic E-state index is 11.0. The van der Waals surface area contributed by atoms with Crippen LogP contribution in [0.2, 0.25) is 0 Å². The van der Waals surface area contributed by atoms with E-state index in [9.17, 15) is 9.59 Å². The van der Waals surface area contributed by atoms with Crippen molar-refractivity contribution in [2.24, 2.45) is 5.92 Å². The van der Waals surface area contributed by atoms with Crippen molar-refractivity contribution in [3.63, 3.8) is 0 Å². The van der Waals surface area contributed by atoms with Crippen molar-refractivity contribution in [1.29, 1.82) is 0 Å². The number of aliphatic carboxylic acids is 1. The van der Waals surface area contributed by atoms with Gasteiger partial charge >= 0.3 is 5.97 Å². The Kier molecular flexibility index (Phi) is 6.54. The molecule has 0 aromatic carbocycles. The summed E-state index contributed by atoms with van der Waals surface area (Å²) in [5.41, 5.74) is 0. The molecule has 0 radical (unpaired) electrons. The Balaban J connectivity index is 2.37. The fourth-order valence-corrected chi connectivity index (χ4v) is 3.85. The van der Waals surface area contributed by atoms with Gasteiger partial charge in [0.1, 0.15) is 6.04 Å². The molecule has 0 aliphatic heterocycles. The monoisotopic (exact) mass is 273 g/mol. The van der Waals surface area contributed by atoms with Crippen LogP contribution >= 0.6 is 11.8 Å². The second-order valence-electron chi connectivity index (χ2n) is 4.99. The normalized spacial score (nSPS) is 25.4. The number of carbonyl (C=O) groups excluding carboxylic acids is 1. The van der Waals surface area contributed by atoms with Gasteiger partial charge in [-0.1, -0.05) is 26.2 Å². The highest BCUT2D eigenvalue weighted by atomic mass is 32.2. The average molecular weight is 273 g/mol. The van der Waals surface area contributed by atoms with Crippen LogP contribution in [-0.2, 0) is 9.59 Å². The highest BCUT2D eigenvalue weighted by Crippen LogP contribution is 2.33. The second-order valence-corrected chi connectivity index (χ2v) is 6.32. The zero-order chi connectivity index (χ0) is 13.5. The molecule has 0 aromatic rings. The van der Waals surface area contributed by atoms with E-state index in [1.807, 2.05) is 0 Å². The number of hydrogen-bond acceptors (Lipinski definition) is 3. The predicted molar refractivity (Wildman–Crippen MR) is 73.7 cm³/mol. The van der Waals surface area contributed by atoms with Crippen LogP contribution in [0.4, 0.5) is 0 Å². The molecule has 2 N–H and O–H groups in total. The standard InChI is InChI=1S/C13H23NO3S/c1-3-10-5-4-6-11(7-10)18-8-12(13(16)17)14-9(2)15/h10-12H,3-8H2,1-2H3,(H,14,15)(H,16,17). The molecule has 3 unspecified atom stereocenters. The Labute approximate surface area is 113 Å². The molecule has 5 heteroatoms. The molecule has 4 nitrogen and oxygen atoms in total. The lowest BCUT2D eigenvalue weighted by molar-refractivity contribution is -0.140. The molecule has 0 spiro atoms. The van der Waals surface area contributed by atoms with Crippen molar-refractivity contribution in [2.45, 2.75) is 57.2 Å². The molecule has 0 saturated heterocycles. The van der Waals surface area contributed by atoms with Gasteiger partial charge in [0.05, 0.1) is 0 Å². The Morgan fingerprint density at radius 3 is 2.72 bits per heavy atom. The van der Waals surface area contributed by atoms with Crippen LogP contribution in [0.5, 0.6) is 0 Å². The Bertz CT molecular complexity index is 296. The van der Waals surface area contributed by atoms with Gasteiger partial charge in [-0.2, -0.15) is 11.8 Å². The van der Waals surface area contributed by atoms with Crippen LogP contribution in [0.1, 0.15) is 46.0 Å². The first-order chi connectivity index (χ1) is 8.52. The molecule has 3 atom stereocenters. The van der Waals surface area contributed by atoms with Gasteiger partial charge in [0, 0.05) is 17.9 Å². The quantitative estimate of drug-likeness (QED) is 0.779. The third-order valence-corrected chi connectivity index (χ3v) is 4.91. The predicted octanol–water partition coefficient (Wildman–Crippen LogP) is 2.28. The molecule has 1 aliphatic carbocycles. The minimum absolute atomic E-state index is 0.280. The summed E-state index contributed by atoms with van der Waals surface area (Å²) in [6.07, 6.45) is 6.13. The Hall–Kier alpha value is -0.710. The lowest BCUT2D eigenvalue weighted by Crippen LogP contribution is -2.42. The number of rotatable bonds is 6. The van der Waals surface area contributed by atoms with Crippen LogP contribution in [-0.4, -0.2) is 34.0 Å². The molecule has 0 heterocycles. The van der Waals surface area contributed by atoms with Crippen molar-refractivity contribution in [3.05, 3.63) is 0 Å². The minimum Gasteiger partial charge on any atom is -0.480 e. The van der Waals surface area contributed by atoms with E-state index < -0.39 is 12.0 Å². The van der Waals surface area contributed by atoms with Gasteiger partial charge in [-0.15, -0.1) is 0 Å². The van der Waals surface area contributed by atoms with E-state index >= 15 is 0 Å². The summed E-state index contributed by atoms with van der Waals surface area (Å²) in [6.45, 7) is 3.57. The van der Waals surface area contributed by atoms with Gasteiger partial charge in [-0.3, -0.25) is 4.79 Å². The van der Waals surface area contributed by atoms with Crippen molar-refractivity contribution in [2.75, 3.05) is 5.75 Å². The van der Waals surface area contributed by atoms with Crippen molar-refractivity contribution >= 4 is 23.6 Å². The van der Waals surface area contributed by atoms with Gasteiger partial charge in [-0.25, -0.2) is 4.79 Å². The van der Waals surface area contributed by atoms with Crippen LogP contribution in [0.25, 0.3) is 0 Å². The van der Waals surface area contributed by atoms with Gasteiger partial charge in [0.15, 0.2) is 0 Å². The molecule has 18 heavy (non-hydrogen) atoms. The van der Waals surface area contributed by atoms with Crippen LogP contribution in [0.15, 0.2) is 0 Å². The van der Waals surface area contributed by atoms with Gasteiger partial charge in [0.2, 0.25) is 5.91 Å². The van der Waals surface area contributed by atoms with E-state index in [4.69, 9.17) is 5.11 Å². The largest absolute Gasteiger partial charge is 0.480 e. The van der Waals surface area contributed by atoms with Crippen molar-refractivity contribution in [1.82, 2.24) is 5.32 Å². The zero-order valence-electron chi connectivity index (χ0n) is 11.1. The first-order valence-electron chi connectivity index (χ1n) is 6.64. The van der Waals surface area contributed by atoms with E-state index in [0.717, 1.165) is 5.92 Å². The first kappa shape index (κ1) is 15.3. The maximum Gasteiger partial charge on any atom is 0.327 e. The molecule has 0 bridgehead atoms. The van der Waals surface area contributed by atoms with Gasteiger partial charge in [-0.05, 0) is 18.8 Å². The molecule has 1 amide bonds. The Morgan fingerprint density at radius 2 is 2.17 bits per heavy atom. The van der Waals surface area contributed by atoms with Gasteiger partial charge < -0.3 is 10.4 Å². The zero-order valence-corrected chi connectivity index (χ0v) is 12.0. The molecule has 1 saturated carbocycles. The van der Waals surface area contributed by atoms with Gasteiger partial charge in [0.25, 0.3) is 0 Å². The summed E-state index contributed by atoms with van der Waals surface area (Å²) < 4.78 is 0. The first-order valence-corrected chi connectivity index (χ1v) is 7.69. The second kappa shape index (κ2) is 7.67. The molecular formula is C13H23NO3S. The van der Waals surface area contributed by atoms with E-state index in [2.05, 4.69) is 12.2 Å². The number of hydrogen-bond donors (Lipinski definition) is 2. The van der Waals surface area contributed by atoms with Crippen LogP contribution in [0.3, 0.4) is 0 Å². The lowest BCUT2D eigenvalue weighted by Gasteiger charge is -2.28. The molecule has 1 aliphatic rings. The summed E-state index contributed by atoms with van der Waals surface area (Å²) in [5.74, 6) is 0.0367. The summed E-state index contributed by atoms with van der Waals surface area (Å²) in [4.78, 5) is 21.9. The van der Waals surface area contributed by atoms with Crippen LogP contribution in [0, 0.1) is 5.92 Å². The molecular weight excluding hydrogens is 250 g/mol. The topological polar surface area (TPSA) is 66.4 Å². The van der Waals surface area contributed by atoms with E-state index in [1.165, 1.54) is 39.0 Å². The number of carboxylic acids is 1. The maximum atomic E-state index is 11.0. The van der Waals surface area contributed by atoms with Crippen molar-refractivity contribution < 1.29 is 14.7 Å². The average Bonchev–Trinajstić information content (AvgIpc) is 2.34. The summed E-state index contributed by atoms with van der Waals surface area (Å²) in [6, 6.07) is -0.755. The fourth-order valence-electron chi connectivity index (χ4n) is 2.42. The SMILES string of the molecule is CCC1CCCC(SCC(NC(C)=O)C(=O)O)C1. The van der Waals surface area contributed by atoms with E-state index in [1.54, 1.807) is 11.8 Å². The third-order valence-electron chi connectivity index (χ3n) is 3.49. The third kappa shape index (κ3) is 5.29. The van der Waals surface area contributed by atoms with Crippen LogP contribution < -0.4 is 5.32 Å². The number of amides is 1. The minimum atomic E-state index is -0.944. The number of thioether (sulfide) groups is 1. The molecule has 1 fully saturated rings. The lowest BCUT2D eigenvalue weighted by atomic mass is 9.87. The highest BCUT2D eigenvalue weighted by Gasteiger charge is 2.24. The van der Waals surface area contributed by atoms with E-state index in [0.29, 0.717) is 11.0 Å². The number of carbonyl (C=O) groups is 2.